The van der Waals surface area contributed by atoms with Gasteiger partial charge in [-0.25, -0.2) is 0 Å². The smallest absolute Gasteiger partial charge is 0.226 e. The molecule has 0 radical (unpaired) electrons. The van der Waals surface area contributed by atoms with E-state index in [9.17, 15) is 4.79 Å². The van der Waals surface area contributed by atoms with Gasteiger partial charge in [-0.05, 0) is 80.0 Å². The SMILES string of the molecule is O=C(NCc1ccc(-c2cccnc2)nc1)C12CC3CC(CC(C3)C1)C2. The molecule has 4 saturated carbocycles. The Morgan fingerprint density at radius 1 is 1.04 bits per heavy atom. The minimum atomic E-state index is -0.0716. The first-order chi connectivity index (χ1) is 12.7. The molecule has 2 aromatic rings. The number of carbonyl (C=O) groups excluding carboxylic acids is 1. The lowest BCUT2D eigenvalue weighted by Gasteiger charge is -2.55. The normalized spacial score (nSPS) is 31.8. The fourth-order valence-corrected chi connectivity index (χ4v) is 5.97. The Morgan fingerprint density at radius 2 is 1.77 bits per heavy atom. The van der Waals surface area contributed by atoms with Gasteiger partial charge in [-0.2, -0.15) is 0 Å². The highest BCUT2D eigenvalue weighted by molar-refractivity contribution is 5.83. The van der Waals surface area contributed by atoms with Crippen LogP contribution < -0.4 is 5.32 Å². The van der Waals surface area contributed by atoms with Gasteiger partial charge in [0.25, 0.3) is 0 Å². The lowest BCUT2D eigenvalue weighted by atomic mass is 9.49. The first-order valence-electron chi connectivity index (χ1n) is 9.84. The fraction of sp³-hybridized carbons (Fsp3) is 0.500. The van der Waals surface area contributed by atoms with Gasteiger partial charge in [0.1, 0.15) is 0 Å². The molecule has 4 heteroatoms. The first-order valence-corrected chi connectivity index (χ1v) is 9.84. The average Bonchev–Trinajstić information content (AvgIpc) is 2.66. The Morgan fingerprint density at radius 3 is 2.35 bits per heavy atom. The van der Waals surface area contributed by atoms with Crippen LogP contribution in [0.4, 0.5) is 0 Å². The molecule has 4 aliphatic rings. The van der Waals surface area contributed by atoms with Gasteiger partial charge in [0, 0.05) is 36.1 Å². The third kappa shape index (κ3) is 2.81. The maximum Gasteiger partial charge on any atom is 0.226 e. The van der Waals surface area contributed by atoms with Crippen LogP contribution in [-0.4, -0.2) is 15.9 Å². The molecule has 134 valence electrons. The monoisotopic (exact) mass is 347 g/mol. The topological polar surface area (TPSA) is 54.9 Å². The van der Waals surface area contributed by atoms with Crippen molar-refractivity contribution in [3.8, 4) is 11.3 Å². The van der Waals surface area contributed by atoms with E-state index in [1.165, 1.54) is 19.3 Å². The Labute approximate surface area is 154 Å². The molecule has 4 nitrogen and oxygen atoms in total. The van der Waals surface area contributed by atoms with E-state index in [1.54, 1.807) is 6.20 Å². The van der Waals surface area contributed by atoms with Crippen molar-refractivity contribution in [2.45, 2.75) is 45.1 Å². The van der Waals surface area contributed by atoms with E-state index in [4.69, 9.17) is 0 Å². The van der Waals surface area contributed by atoms with Gasteiger partial charge in [-0.3, -0.25) is 14.8 Å². The second-order valence-electron chi connectivity index (χ2n) is 8.67. The Hall–Kier alpha value is -2.23. The number of nitrogens with zero attached hydrogens (tertiary/aromatic N) is 2. The average molecular weight is 347 g/mol. The van der Waals surface area contributed by atoms with Gasteiger partial charge in [0.05, 0.1) is 5.69 Å². The van der Waals surface area contributed by atoms with Gasteiger partial charge in [0.2, 0.25) is 5.91 Å². The molecule has 1 N–H and O–H groups in total. The van der Waals surface area contributed by atoms with Crippen molar-refractivity contribution in [3.05, 3.63) is 48.4 Å². The van der Waals surface area contributed by atoms with E-state index >= 15 is 0 Å². The maximum absolute atomic E-state index is 13.0. The molecular formula is C22H25N3O. The lowest BCUT2D eigenvalue weighted by Crippen LogP contribution is -2.53. The molecule has 26 heavy (non-hydrogen) atoms. The summed E-state index contributed by atoms with van der Waals surface area (Å²) in [4.78, 5) is 21.7. The van der Waals surface area contributed by atoms with Crippen LogP contribution in [0.1, 0.15) is 44.1 Å². The zero-order valence-corrected chi connectivity index (χ0v) is 15.0. The van der Waals surface area contributed by atoms with Gasteiger partial charge in [0.15, 0.2) is 0 Å². The molecule has 2 heterocycles. The molecule has 0 aromatic carbocycles. The van der Waals surface area contributed by atoms with Gasteiger partial charge >= 0.3 is 0 Å². The molecule has 4 bridgehead atoms. The van der Waals surface area contributed by atoms with Crippen molar-refractivity contribution < 1.29 is 4.79 Å². The second-order valence-corrected chi connectivity index (χ2v) is 8.67. The molecule has 0 aliphatic heterocycles. The summed E-state index contributed by atoms with van der Waals surface area (Å²) in [5, 5.41) is 3.22. The largest absolute Gasteiger partial charge is 0.351 e. The zero-order valence-electron chi connectivity index (χ0n) is 15.0. The lowest BCUT2D eigenvalue weighted by molar-refractivity contribution is -0.146. The summed E-state index contributed by atoms with van der Waals surface area (Å²) >= 11 is 0. The number of hydrogen-bond acceptors (Lipinski definition) is 3. The summed E-state index contributed by atoms with van der Waals surface area (Å²) < 4.78 is 0. The van der Waals surface area contributed by atoms with Crippen LogP contribution in [0.2, 0.25) is 0 Å². The van der Waals surface area contributed by atoms with E-state index in [-0.39, 0.29) is 11.3 Å². The summed E-state index contributed by atoms with van der Waals surface area (Å²) in [6.07, 6.45) is 12.9. The number of hydrogen-bond donors (Lipinski definition) is 1. The molecule has 2 aromatic heterocycles. The molecule has 4 fully saturated rings. The number of aromatic nitrogens is 2. The highest BCUT2D eigenvalue weighted by Crippen LogP contribution is 2.60. The van der Waals surface area contributed by atoms with Gasteiger partial charge < -0.3 is 5.32 Å². The van der Waals surface area contributed by atoms with Crippen molar-refractivity contribution in [2.24, 2.45) is 23.2 Å². The number of carbonyl (C=O) groups is 1. The van der Waals surface area contributed by atoms with Gasteiger partial charge in [-0.15, -0.1) is 0 Å². The maximum atomic E-state index is 13.0. The Bertz CT molecular complexity index is 765. The number of amides is 1. The third-order valence-electron chi connectivity index (χ3n) is 6.76. The first kappa shape index (κ1) is 16.0. The van der Waals surface area contributed by atoms with Crippen LogP contribution in [0.3, 0.4) is 0 Å². The van der Waals surface area contributed by atoms with Crippen molar-refractivity contribution >= 4 is 5.91 Å². The minimum absolute atomic E-state index is 0.0716. The number of nitrogens with one attached hydrogen (secondary N) is 1. The Kier molecular flexibility index (Phi) is 3.80. The van der Waals surface area contributed by atoms with E-state index in [1.807, 2.05) is 30.6 Å². The summed E-state index contributed by atoms with van der Waals surface area (Å²) in [5.41, 5.74) is 2.90. The summed E-state index contributed by atoms with van der Waals surface area (Å²) in [5.74, 6) is 2.68. The standard InChI is InChI=1S/C22H25N3O/c26-21(22-9-16-6-17(10-22)8-18(7-16)11-22)25-13-15-3-4-20(24-12-15)19-2-1-5-23-14-19/h1-5,12,14,16-18H,6-11,13H2,(H,25,26). The van der Waals surface area contributed by atoms with Crippen molar-refractivity contribution in [2.75, 3.05) is 0 Å². The predicted molar refractivity (Wildman–Crippen MR) is 99.9 cm³/mol. The molecule has 6 rings (SSSR count). The van der Waals surface area contributed by atoms with Gasteiger partial charge in [-0.1, -0.05) is 6.07 Å². The highest BCUT2D eigenvalue weighted by atomic mass is 16.2. The van der Waals surface area contributed by atoms with E-state index in [0.29, 0.717) is 6.54 Å². The van der Waals surface area contributed by atoms with Crippen molar-refractivity contribution in [3.63, 3.8) is 0 Å². The van der Waals surface area contributed by atoms with Crippen LogP contribution in [0, 0.1) is 23.2 Å². The van der Waals surface area contributed by atoms with Crippen LogP contribution in [-0.2, 0) is 11.3 Å². The Balaban J connectivity index is 1.24. The zero-order chi connectivity index (χ0) is 17.6. The number of pyridine rings is 2. The molecule has 0 unspecified atom stereocenters. The predicted octanol–water partition coefficient (Wildman–Crippen LogP) is 3.98. The van der Waals surface area contributed by atoms with Crippen LogP contribution in [0.25, 0.3) is 11.3 Å². The van der Waals surface area contributed by atoms with Crippen LogP contribution >= 0.6 is 0 Å². The van der Waals surface area contributed by atoms with Crippen LogP contribution in [0.15, 0.2) is 42.9 Å². The van der Waals surface area contributed by atoms with E-state index in [0.717, 1.165) is 53.8 Å². The second kappa shape index (κ2) is 6.19. The van der Waals surface area contributed by atoms with Crippen LogP contribution in [0.5, 0.6) is 0 Å². The minimum Gasteiger partial charge on any atom is -0.351 e. The molecular weight excluding hydrogens is 322 g/mol. The molecule has 0 spiro atoms. The van der Waals surface area contributed by atoms with Crippen molar-refractivity contribution in [1.29, 1.82) is 0 Å². The summed E-state index contributed by atoms with van der Waals surface area (Å²) in [6.45, 7) is 0.570. The fourth-order valence-electron chi connectivity index (χ4n) is 5.97. The molecule has 4 aliphatic carbocycles. The molecule has 0 atom stereocenters. The molecule has 1 amide bonds. The highest BCUT2D eigenvalue weighted by Gasteiger charge is 2.54. The summed E-state index contributed by atoms with van der Waals surface area (Å²) in [7, 11) is 0. The summed E-state index contributed by atoms with van der Waals surface area (Å²) in [6, 6.07) is 7.97. The third-order valence-corrected chi connectivity index (χ3v) is 6.76. The number of rotatable bonds is 4. The van der Waals surface area contributed by atoms with E-state index < -0.39 is 0 Å². The molecule has 0 saturated heterocycles. The van der Waals surface area contributed by atoms with Crippen molar-refractivity contribution in [1.82, 2.24) is 15.3 Å². The quantitative estimate of drug-likeness (QED) is 0.910. The van der Waals surface area contributed by atoms with E-state index in [2.05, 4.69) is 21.4 Å².